The Morgan fingerprint density at radius 2 is 0.892 bits per heavy atom. The maximum absolute atomic E-state index is 14.1. The van der Waals surface area contributed by atoms with E-state index in [9.17, 15) is 19.7 Å². The van der Waals surface area contributed by atoms with Gasteiger partial charge in [-0.3, -0.25) is 0 Å². The van der Waals surface area contributed by atoms with E-state index in [4.69, 9.17) is 0 Å². The zero-order chi connectivity index (χ0) is 27.3. The van der Waals surface area contributed by atoms with Gasteiger partial charge in [-0.1, -0.05) is 68.4 Å². The van der Waals surface area contributed by atoms with Crippen LogP contribution in [0.25, 0.3) is 0 Å². The molecule has 4 rings (SSSR count). The summed E-state index contributed by atoms with van der Waals surface area (Å²) in [7, 11) is 0. The molecule has 4 aromatic carbocycles. The third-order valence-electron chi connectivity index (χ3n) is 7.99. The quantitative estimate of drug-likeness (QED) is 0.246. The van der Waals surface area contributed by atoms with Crippen molar-refractivity contribution in [2.24, 2.45) is 0 Å². The summed E-state index contributed by atoms with van der Waals surface area (Å²) in [5, 5.41) is 30.5. The minimum atomic E-state index is -0.633. The second-order valence-corrected chi connectivity index (χ2v) is 10.9. The van der Waals surface area contributed by atoms with Gasteiger partial charge >= 0.3 is 0 Å². The molecule has 0 saturated heterocycles. The van der Waals surface area contributed by atoms with Crippen LogP contribution >= 0.6 is 0 Å². The Labute approximate surface area is 218 Å². The molecular weight excluding hydrogens is 463 g/mol. The topological polar surface area (TPSA) is 60.7 Å². The van der Waals surface area contributed by atoms with Crippen LogP contribution in [0.3, 0.4) is 0 Å². The molecule has 0 aliphatic rings. The zero-order valence-electron chi connectivity index (χ0n) is 22.6. The lowest BCUT2D eigenvalue weighted by atomic mass is 9.69. The first-order valence-electron chi connectivity index (χ1n) is 12.5. The van der Waals surface area contributed by atoms with Gasteiger partial charge in [-0.25, -0.2) is 4.39 Å². The number of hydrogen-bond donors (Lipinski definition) is 3. The highest BCUT2D eigenvalue weighted by atomic mass is 19.1. The highest BCUT2D eigenvalue weighted by molar-refractivity contribution is 5.57. The summed E-state index contributed by atoms with van der Waals surface area (Å²) in [5.41, 5.74) is 7.09. The summed E-state index contributed by atoms with van der Waals surface area (Å²) >= 11 is 0. The summed E-state index contributed by atoms with van der Waals surface area (Å²) in [4.78, 5) is 0. The summed E-state index contributed by atoms with van der Waals surface area (Å²) < 4.78 is 14.1. The van der Waals surface area contributed by atoms with Crippen molar-refractivity contribution >= 4 is 0 Å². The number of benzene rings is 4. The minimum Gasteiger partial charge on any atom is -0.507 e. The molecule has 0 spiro atoms. The first-order valence-corrected chi connectivity index (χ1v) is 12.5. The van der Waals surface area contributed by atoms with Crippen molar-refractivity contribution < 1.29 is 19.7 Å². The van der Waals surface area contributed by atoms with E-state index in [0.29, 0.717) is 11.5 Å². The van der Waals surface area contributed by atoms with Crippen LogP contribution < -0.4 is 0 Å². The SMILES string of the molecule is Cc1cc(C(C)(c2ccc(C(C)(C)c3ccc(O)c(F)c3)cc2)c2cc(C)c(O)c(C)c2)cc(C)c1O. The normalized spacial score (nSPS) is 12.1. The van der Waals surface area contributed by atoms with E-state index >= 15 is 0 Å². The van der Waals surface area contributed by atoms with E-state index in [0.717, 1.165) is 50.1 Å². The number of aromatic hydroxyl groups is 3. The second-order valence-electron chi connectivity index (χ2n) is 10.9. The number of hydrogen-bond acceptors (Lipinski definition) is 3. The molecule has 0 saturated carbocycles. The van der Waals surface area contributed by atoms with Crippen molar-refractivity contribution in [2.45, 2.75) is 59.3 Å². The molecule has 4 aromatic rings. The van der Waals surface area contributed by atoms with Crippen LogP contribution in [0.4, 0.5) is 4.39 Å². The van der Waals surface area contributed by atoms with Crippen LogP contribution in [0.5, 0.6) is 17.2 Å². The van der Waals surface area contributed by atoms with Crippen molar-refractivity contribution in [3.05, 3.63) is 123 Å². The van der Waals surface area contributed by atoms with Crippen LogP contribution in [-0.4, -0.2) is 15.3 Å². The molecule has 0 fully saturated rings. The number of aryl methyl sites for hydroxylation is 4. The first-order chi connectivity index (χ1) is 17.3. The van der Waals surface area contributed by atoms with E-state index in [1.54, 1.807) is 6.07 Å². The molecule has 192 valence electrons. The fourth-order valence-corrected chi connectivity index (χ4v) is 5.27. The van der Waals surface area contributed by atoms with Gasteiger partial charge in [0.2, 0.25) is 0 Å². The number of phenols is 3. The highest BCUT2D eigenvalue weighted by Crippen LogP contribution is 2.44. The third-order valence-corrected chi connectivity index (χ3v) is 7.99. The molecular formula is C33H35FO3. The van der Waals surface area contributed by atoms with Gasteiger partial charge in [0.25, 0.3) is 0 Å². The van der Waals surface area contributed by atoms with Gasteiger partial charge in [-0.15, -0.1) is 0 Å². The number of halogens is 1. The van der Waals surface area contributed by atoms with Gasteiger partial charge in [0, 0.05) is 10.8 Å². The molecule has 0 aliphatic carbocycles. The molecule has 0 atom stereocenters. The Bertz CT molecular complexity index is 1380. The molecule has 0 bridgehead atoms. The van der Waals surface area contributed by atoms with Crippen LogP contribution in [0.15, 0.2) is 66.7 Å². The molecule has 0 radical (unpaired) electrons. The Hall–Kier alpha value is -3.79. The molecule has 3 nitrogen and oxygen atoms in total. The summed E-state index contributed by atoms with van der Waals surface area (Å²) in [6, 6.07) is 21.0. The van der Waals surface area contributed by atoms with Crippen molar-refractivity contribution in [1.82, 2.24) is 0 Å². The molecule has 4 heteroatoms. The lowest BCUT2D eigenvalue weighted by Crippen LogP contribution is -2.27. The Kier molecular flexibility index (Phi) is 6.58. The van der Waals surface area contributed by atoms with E-state index < -0.39 is 16.6 Å². The molecule has 37 heavy (non-hydrogen) atoms. The average molecular weight is 499 g/mol. The van der Waals surface area contributed by atoms with E-state index in [2.05, 4.69) is 31.2 Å². The Morgan fingerprint density at radius 1 is 0.514 bits per heavy atom. The Balaban J connectivity index is 1.90. The van der Waals surface area contributed by atoms with Gasteiger partial charge in [-0.05, 0) is 96.8 Å². The van der Waals surface area contributed by atoms with Crippen molar-refractivity contribution in [1.29, 1.82) is 0 Å². The molecule has 0 unspecified atom stereocenters. The first kappa shape index (κ1) is 26.3. The lowest BCUT2D eigenvalue weighted by Gasteiger charge is -2.34. The standard InChI is InChI=1S/C33H35FO3/c1-19-14-26(15-20(2)30(19)36)33(7,27-16-21(3)31(37)22(4)17-27)24-10-8-23(9-11-24)32(5,6)25-12-13-29(35)28(34)18-25/h8-18,35-37H,1-7H3. The number of phenolic OH excluding ortho intramolecular Hbond substituents is 3. The van der Waals surface area contributed by atoms with Crippen LogP contribution in [0, 0.1) is 33.5 Å². The smallest absolute Gasteiger partial charge is 0.165 e. The van der Waals surface area contributed by atoms with Crippen molar-refractivity contribution in [3.8, 4) is 17.2 Å². The maximum atomic E-state index is 14.1. The monoisotopic (exact) mass is 498 g/mol. The maximum Gasteiger partial charge on any atom is 0.165 e. The molecule has 0 amide bonds. The van der Waals surface area contributed by atoms with Crippen molar-refractivity contribution in [2.75, 3.05) is 0 Å². The third kappa shape index (κ3) is 4.46. The Morgan fingerprint density at radius 3 is 1.30 bits per heavy atom. The van der Waals surface area contributed by atoms with Gasteiger partial charge < -0.3 is 15.3 Å². The molecule has 0 heterocycles. The van der Waals surface area contributed by atoms with Gasteiger partial charge in [-0.2, -0.15) is 0 Å². The lowest BCUT2D eigenvalue weighted by molar-refractivity contribution is 0.430. The average Bonchev–Trinajstić information content (AvgIpc) is 2.86. The van der Waals surface area contributed by atoms with Gasteiger partial charge in [0.05, 0.1) is 0 Å². The molecule has 3 N–H and O–H groups in total. The predicted octanol–water partition coefficient (Wildman–Crippen LogP) is 7.86. The highest BCUT2D eigenvalue weighted by Gasteiger charge is 2.34. The molecule has 0 aliphatic heterocycles. The molecule has 0 aromatic heterocycles. The van der Waals surface area contributed by atoms with E-state index in [1.165, 1.54) is 12.1 Å². The van der Waals surface area contributed by atoms with E-state index in [-0.39, 0.29) is 5.75 Å². The zero-order valence-corrected chi connectivity index (χ0v) is 22.6. The van der Waals surface area contributed by atoms with Crippen LogP contribution in [0.1, 0.15) is 70.8 Å². The van der Waals surface area contributed by atoms with Gasteiger partial charge in [0.15, 0.2) is 11.6 Å². The van der Waals surface area contributed by atoms with Crippen LogP contribution in [-0.2, 0) is 10.8 Å². The summed E-state index contributed by atoms with van der Waals surface area (Å²) in [5.74, 6) is -0.402. The van der Waals surface area contributed by atoms with Gasteiger partial charge in [0.1, 0.15) is 11.5 Å². The second kappa shape index (κ2) is 9.26. The summed E-state index contributed by atoms with van der Waals surface area (Å²) in [6.45, 7) is 13.9. The minimum absolute atomic E-state index is 0.294. The van der Waals surface area contributed by atoms with E-state index in [1.807, 2.05) is 65.8 Å². The fraction of sp³-hybridized carbons (Fsp3) is 0.273. The summed E-state index contributed by atoms with van der Waals surface area (Å²) in [6.07, 6.45) is 0. The largest absolute Gasteiger partial charge is 0.507 e. The fourth-order valence-electron chi connectivity index (χ4n) is 5.27. The predicted molar refractivity (Wildman–Crippen MR) is 147 cm³/mol. The number of rotatable bonds is 5. The van der Waals surface area contributed by atoms with Crippen LogP contribution in [0.2, 0.25) is 0 Å². The van der Waals surface area contributed by atoms with Crippen molar-refractivity contribution in [3.63, 3.8) is 0 Å².